The summed E-state index contributed by atoms with van der Waals surface area (Å²) in [5.41, 5.74) is 2.40. The molecule has 2 rings (SSSR count). The molecule has 0 saturated heterocycles. The van der Waals surface area contributed by atoms with E-state index in [0.717, 1.165) is 0 Å². The number of rotatable bonds is 3. The van der Waals surface area contributed by atoms with Crippen molar-refractivity contribution in [2.45, 2.75) is 13.8 Å². The summed E-state index contributed by atoms with van der Waals surface area (Å²) >= 11 is 0. The van der Waals surface area contributed by atoms with Crippen LogP contribution in [-0.4, -0.2) is 22.0 Å². The van der Waals surface area contributed by atoms with Gasteiger partial charge in [-0.15, -0.1) is 0 Å². The monoisotopic (exact) mass is 259 g/mol. The van der Waals surface area contributed by atoms with Crippen LogP contribution in [0.2, 0.25) is 0 Å². The number of aromatic nitrogens is 1. The third kappa shape index (κ3) is 2.98. The molecule has 0 spiro atoms. The molecule has 0 aliphatic heterocycles. The number of nitrogens with zero attached hydrogens (tertiary/aromatic N) is 2. The minimum atomic E-state index is -0.378. The number of aryl methyl sites for hydroxylation is 1. The van der Waals surface area contributed by atoms with Crippen LogP contribution in [0.15, 0.2) is 40.0 Å². The highest BCUT2D eigenvalue weighted by Gasteiger charge is 2.12. The standard InChI is InChI=1S/C13H13N3O3/c1-8-6-12(19-16-8)13(17)14-11-5-3-4-10(7-11)9(2)15-18/h3-7,18H,1-2H3,(H,14,17). The van der Waals surface area contributed by atoms with E-state index in [1.165, 1.54) is 0 Å². The largest absolute Gasteiger partial charge is 0.411 e. The SMILES string of the molecule is CC(=NO)c1cccc(NC(=O)c2cc(C)no2)c1. The number of amides is 1. The molecule has 19 heavy (non-hydrogen) atoms. The molecule has 2 aromatic rings. The topological polar surface area (TPSA) is 87.7 Å². The van der Waals surface area contributed by atoms with E-state index in [9.17, 15) is 4.79 Å². The quantitative estimate of drug-likeness (QED) is 0.503. The van der Waals surface area contributed by atoms with Crippen LogP contribution in [0.25, 0.3) is 0 Å². The first kappa shape index (κ1) is 12.8. The second kappa shape index (κ2) is 5.34. The van der Waals surface area contributed by atoms with Crippen molar-refractivity contribution in [3.63, 3.8) is 0 Å². The summed E-state index contributed by atoms with van der Waals surface area (Å²) < 4.78 is 4.87. The summed E-state index contributed by atoms with van der Waals surface area (Å²) in [6.45, 7) is 3.41. The highest BCUT2D eigenvalue weighted by molar-refractivity contribution is 6.04. The first-order valence-electron chi connectivity index (χ1n) is 5.64. The summed E-state index contributed by atoms with van der Waals surface area (Å²) in [6, 6.07) is 8.53. The van der Waals surface area contributed by atoms with Crippen LogP contribution >= 0.6 is 0 Å². The number of hydrogen-bond acceptors (Lipinski definition) is 5. The van der Waals surface area contributed by atoms with E-state index < -0.39 is 0 Å². The predicted octanol–water partition coefficient (Wildman–Crippen LogP) is 2.43. The molecule has 0 bridgehead atoms. The lowest BCUT2D eigenvalue weighted by molar-refractivity contribution is 0.0988. The lowest BCUT2D eigenvalue weighted by atomic mass is 10.1. The lowest BCUT2D eigenvalue weighted by Crippen LogP contribution is -2.11. The van der Waals surface area contributed by atoms with Gasteiger partial charge in [-0.3, -0.25) is 4.79 Å². The minimum Gasteiger partial charge on any atom is -0.411 e. The Morgan fingerprint density at radius 2 is 2.21 bits per heavy atom. The zero-order valence-corrected chi connectivity index (χ0v) is 10.5. The van der Waals surface area contributed by atoms with Gasteiger partial charge in [-0.25, -0.2) is 0 Å². The molecule has 6 heteroatoms. The van der Waals surface area contributed by atoms with E-state index in [-0.39, 0.29) is 11.7 Å². The van der Waals surface area contributed by atoms with Crippen molar-refractivity contribution in [3.05, 3.63) is 47.3 Å². The van der Waals surface area contributed by atoms with Crippen LogP contribution in [0.1, 0.15) is 28.7 Å². The number of oxime groups is 1. The Balaban J connectivity index is 2.17. The molecule has 0 saturated carbocycles. The Kier molecular flexibility index (Phi) is 3.61. The van der Waals surface area contributed by atoms with Gasteiger partial charge in [0.2, 0.25) is 5.76 Å². The maximum Gasteiger partial charge on any atom is 0.294 e. The second-order valence-electron chi connectivity index (χ2n) is 4.05. The molecule has 6 nitrogen and oxygen atoms in total. The fraction of sp³-hybridized carbons (Fsp3) is 0.154. The Morgan fingerprint density at radius 1 is 1.42 bits per heavy atom. The van der Waals surface area contributed by atoms with Gasteiger partial charge in [0.15, 0.2) is 0 Å². The number of nitrogens with one attached hydrogen (secondary N) is 1. The third-order valence-corrected chi connectivity index (χ3v) is 2.54. The van der Waals surface area contributed by atoms with Gasteiger partial charge >= 0.3 is 0 Å². The highest BCUT2D eigenvalue weighted by atomic mass is 16.5. The normalized spacial score (nSPS) is 11.4. The number of benzene rings is 1. The Morgan fingerprint density at radius 3 is 2.84 bits per heavy atom. The molecule has 0 fully saturated rings. The molecular formula is C13H13N3O3. The lowest BCUT2D eigenvalue weighted by Gasteiger charge is -2.05. The maximum absolute atomic E-state index is 11.9. The molecule has 1 amide bonds. The minimum absolute atomic E-state index is 0.149. The molecule has 1 heterocycles. The fourth-order valence-electron chi connectivity index (χ4n) is 1.54. The van der Waals surface area contributed by atoms with Gasteiger partial charge in [0.1, 0.15) is 0 Å². The zero-order valence-electron chi connectivity index (χ0n) is 10.5. The van der Waals surface area contributed by atoms with Crippen molar-refractivity contribution in [1.82, 2.24) is 5.16 Å². The maximum atomic E-state index is 11.9. The van der Waals surface area contributed by atoms with Crippen molar-refractivity contribution in [1.29, 1.82) is 0 Å². The molecule has 0 atom stereocenters. The van der Waals surface area contributed by atoms with E-state index in [0.29, 0.717) is 22.7 Å². The average molecular weight is 259 g/mol. The van der Waals surface area contributed by atoms with Crippen LogP contribution in [0.4, 0.5) is 5.69 Å². The van der Waals surface area contributed by atoms with Crippen LogP contribution in [0.5, 0.6) is 0 Å². The summed E-state index contributed by atoms with van der Waals surface area (Å²) in [5, 5.41) is 18.2. The molecule has 0 aliphatic carbocycles. The third-order valence-electron chi connectivity index (χ3n) is 2.54. The van der Waals surface area contributed by atoms with Crippen LogP contribution in [-0.2, 0) is 0 Å². The van der Waals surface area contributed by atoms with Crippen LogP contribution in [0.3, 0.4) is 0 Å². The van der Waals surface area contributed by atoms with Crippen molar-refractivity contribution in [3.8, 4) is 0 Å². The van der Waals surface area contributed by atoms with Gasteiger partial charge in [-0.2, -0.15) is 0 Å². The summed E-state index contributed by atoms with van der Waals surface area (Å²) in [7, 11) is 0. The van der Waals surface area contributed by atoms with E-state index in [2.05, 4.69) is 15.6 Å². The smallest absolute Gasteiger partial charge is 0.294 e. The van der Waals surface area contributed by atoms with Gasteiger partial charge in [0.25, 0.3) is 5.91 Å². The Bertz CT molecular complexity index is 632. The fourth-order valence-corrected chi connectivity index (χ4v) is 1.54. The number of anilines is 1. The second-order valence-corrected chi connectivity index (χ2v) is 4.05. The molecule has 98 valence electrons. The number of hydrogen-bond donors (Lipinski definition) is 2. The summed E-state index contributed by atoms with van der Waals surface area (Å²) in [6.07, 6.45) is 0. The van der Waals surface area contributed by atoms with Crippen molar-refractivity contribution in [2.75, 3.05) is 5.32 Å². The number of carbonyl (C=O) groups excluding carboxylic acids is 1. The Labute approximate surface area is 109 Å². The van der Waals surface area contributed by atoms with Crippen molar-refractivity contribution < 1.29 is 14.5 Å². The first-order chi connectivity index (χ1) is 9.10. The molecule has 0 radical (unpaired) electrons. The predicted molar refractivity (Wildman–Crippen MR) is 69.6 cm³/mol. The van der Waals surface area contributed by atoms with Crippen LogP contribution < -0.4 is 5.32 Å². The van der Waals surface area contributed by atoms with Crippen molar-refractivity contribution >= 4 is 17.3 Å². The first-order valence-corrected chi connectivity index (χ1v) is 5.64. The van der Waals surface area contributed by atoms with Gasteiger partial charge < -0.3 is 15.0 Å². The molecular weight excluding hydrogens is 246 g/mol. The van der Waals surface area contributed by atoms with Gasteiger partial charge in [-0.05, 0) is 26.0 Å². The Hall–Kier alpha value is -2.63. The zero-order chi connectivity index (χ0) is 13.8. The molecule has 0 unspecified atom stereocenters. The number of carbonyl (C=O) groups is 1. The van der Waals surface area contributed by atoms with E-state index >= 15 is 0 Å². The van der Waals surface area contributed by atoms with Crippen molar-refractivity contribution in [2.24, 2.45) is 5.16 Å². The van der Waals surface area contributed by atoms with Crippen LogP contribution in [0, 0.1) is 6.92 Å². The highest BCUT2D eigenvalue weighted by Crippen LogP contribution is 2.13. The summed E-state index contributed by atoms with van der Waals surface area (Å²) in [5.74, 6) is -0.230. The van der Waals surface area contributed by atoms with Gasteiger partial charge in [-0.1, -0.05) is 22.4 Å². The van der Waals surface area contributed by atoms with E-state index in [1.807, 2.05) is 0 Å². The van der Waals surface area contributed by atoms with Gasteiger partial charge in [0, 0.05) is 17.3 Å². The van der Waals surface area contributed by atoms with E-state index in [4.69, 9.17) is 9.73 Å². The molecule has 1 aromatic carbocycles. The average Bonchev–Trinajstić information content (AvgIpc) is 2.85. The molecule has 1 aromatic heterocycles. The van der Waals surface area contributed by atoms with E-state index in [1.54, 1.807) is 44.2 Å². The summed E-state index contributed by atoms with van der Waals surface area (Å²) in [4.78, 5) is 11.9. The molecule has 0 aliphatic rings. The molecule has 2 N–H and O–H groups in total. The van der Waals surface area contributed by atoms with Gasteiger partial charge in [0.05, 0.1) is 11.4 Å².